The molecule has 10 heteroatoms. The molecule has 3 aromatic rings. The van der Waals surface area contributed by atoms with Crippen molar-refractivity contribution in [3.8, 4) is 5.75 Å². The number of carbonyl (C=O) groups excluding carboxylic acids is 2. The van der Waals surface area contributed by atoms with E-state index in [2.05, 4.69) is 21.2 Å². The van der Waals surface area contributed by atoms with E-state index in [0.29, 0.717) is 18.0 Å². The Morgan fingerprint density at radius 3 is 2.22 bits per heavy atom. The standard InChI is InChI=1S/C31H38BrN3O5S/c1-6-23(4)33-31(37)24(5)34(20-25-9-8-10-26(32)19-25)30(36)21-35(27-13-11-22(3)12-14-27)41(38,39)29-17-15-28(16-18-29)40-7-2/h8-19,23-24H,6-7,20-21H2,1-5H3,(H,33,37). The molecule has 0 heterocycles. The highest BCUT2D eigenvalue weighted by Crippen LogP contribution is 2.26. The summed E-state index contributed by atoms with van der Waals surface area (Å²) in [6, 6.07) is 19.6. The van der Waals surface area contributed by atoms with Crippen LogP contribution >= 0.6 is 15.9 Å². The molecule has 0 radical (unpaired) electrons. The van der Waals surface area contributed by atoms with Gasteiger partial charge >= 0.3 is 0 Å². The lowest BCUT2D eigenvalue weighted by Crippen LogP contribution is -2.52. The van der Waals surface area contributed by atoms with Gasteiger partial charge in [0.2, 0.25) is 11.8 Å². The molecule has 3 rings (SSSR count). The Hall–Kier alpha value is -3.37. The van der Waals surface area contributed by atoms with Crippen molar-refractivity contribution in [2.24, 2.45) is 0 Å². The monoisotopic (exact) mass is 643 g/mol. The highest BCUT2D eigenvalue weighted by Gasteiger charge is 2.32. The minimum atomic E-state index is -4.15. The topological polar surface area (TPSA) is 96.0 Å². The molecule has 2 atom stereocenters. The van der Waals surface area contributed by atoms with Crippen molar-refractivity contribution in [3.05, 3.63) is 88.4 Å². The van der Waals surface area contributed by atoms with Crippen LogP contribution in [0.15, 0.2) is 82.2 Å². The van der Waals surface area contributed by atoms with Crippen LogP contribution in [0.5, 0.6) is 5.75 Å². The van der Waals surface area contributed by atoms with Crippen molar-refractivity contribution in [2.75, 3.05) is 17.5 Å². The fourth-order valence-electron chi connectivity index (χ4n) is 4.12. The van der Waals surface area contributed by atoms with E-state index in [0.717, 1.165) is 26.3 Å². The number of benzene rings is 3. The summed E-state index contributed by atoms with van der Waals surface area (Å²) in [6.45, 7) is 9.35. The molecule has 0 saturated heterocycles. The van der Waals surface area contributed by atoms with Crippen LogP contribution in [0.25, 0.3) is 0 Å². The second-order valence-electron chi connectivity index (χ2n) is 9.90. The van der Waals surface area contributed by atoms with Gasteiger partial charge in [0, 0.05) is 17.1 Å². The van der Waals surface area contributed by atoms with Gasteiger partial charge in [0.25, 0.3) is 10.0 Å². The number of anilines is 1. The number of nitrogens with one attached hydrogen (secondary N) is 1. The first-order valence-corrected chi connectivity index (χ1v) is 15.9. The average Bonchev–Trinajstić information content (AvgIpc) is 2.95. The molecule has 1 N–H and O–H groups in total. The third kappa shape index (κ3) is 8.56. The fourth-order valence-corrected chi connectivity index (χ4v) is 5.98. The van der Waals surface area contributed by atoms with Gasteiger partial charge in [0.15, 0.2) is 0 Å². The zero-order chi connectivity index (χ0) is 30.2. The van der Waals surface area contributed by atoms with E-state index in [9.17, 15) is 18.0 Å². The lowest BCUT2D eigenvalue weighted by atomic mass is 10.1. The molecule has 2 unspecified atom stereocenters. The Balaban J connectivity index is 2.01. The second kappa shape index (κ2) is 14.5. The molecule has 0 aliphatic rings. The molecule has 0 aliphatic heterocycles. The molecule has 0 bridgehead atoms. The number of halogens is 1. The van der Waals surface area contributed by atoms with Gasteiger partial charge in [0.05, 0.1) is 17.2 Å². The van der Waals surface area contributed by atoms with E-state index in [4.69, 9.17) is 4.74 Å². The molecular weight excluding hydrogens is 606 g/mol. The number of hydrogen-bond acceptors (Lipinski definition) is 5. The van der Waals surface area contributed by atoms with Crippen molar-refractivity contribution in [2.45, 2.75) is 64.6 Å². The van der Waals surface area contributed by atoms with E-state index in [1.54, 1.807) is 43.3 Å². The summed E-state index contributed by atoms with van der Waals surface area (Å²) in [6.07, 6.45) is 0.736. The summed E-state index contributed by atoms with van der Waals surface area (Å²) in [5.41, 5.74) is 2.09. The van der Waals surface area contributed by atoms with Crippen LogP contribution in [-0.4, -0.2) is 50.4 Å². The van der Waals surface area contributed by atoms with Crippen LogP contribution in [0, 0.1) is 6.92 Å². The number of aryl methyl sites for hydroxylation is 1. The SMILES string of the molecule is CCOc1ccc(S(=O)(=O)N(CC(=O)N(Cc2cccc(Br)c2)C(C)C(=O)NC(C)CC)c2ccc(C)cc2)cc1. The van der Waals surface area contributed by atoms with Gasteiger partial charge in [0.1, 0.15) is 18.3 Å². The van der Waals surface area contributed by atoms with Crippen LogP contribution in [0.1, 0.15) is 45.2 Å². The minimum Gasteiger partial charge on any atom is -0.494 e. The molecule has 3 aromatic carbocycles. The lowest BCUT2D eigenvalue weighted by molar-refractivity contribution is -0.139. The largest absolute Gasteiger partial charge is 0.494 e. The normalized spacial score (nSPS) is 12.7. The molecule has 2 amide bonds. The van der Waals surface area contributed by atoms with Crippen molar-refractivity contribution >= 4 is 43.5 Å². The fraction of sp³-hybridized carbons (Fsp3) is 0.355. The first-order valence-electron chi connectivity index (χ1n) is 13.6. The van der Waals surface area contributed by atoms with Crippen LogP contribution in [-0.2, 0) is 26.2 Å². The number of nitrogens with zero attached hydrogens (tertiary/aromatic N) is 2. The predicted octanol–water partition coefficient (Wildman–Crippen LogP) is 5.68. The van der Waals surface area contributed by atoms with Crippen LogP contribution in [0.3, 0.4) is 0 Å². The molecule has 0 aliphatic carbocycles. The quantitative estimate of drug-likeness (QED) is 0.258. The molecule has 220 valence electrons. The van der Waals surface area contributed by atoms with E-state index < -0.39 is 28.5 Å². The van der Waals surface area contributed by atoms with Crippen molar-refractivity contribution < 1.29 is 22.7 Å². The summed E-state index contributed by atoms with van der Waals surface area (Å²) in [4.78, 5) is 28.6. The average molecular weight is 645 g/mol. The third-order valence-electron chi connectivity index (χ3n) is 6.73. The molecule has 41 heavy (non-hydrogen) atoms. The summed E-state index contributed by atoms with van der Waals surface area (Å²) in [7, 11) is -4.15. The van der Waals surface area contributed by atoms with Gasteiger partial charge in [-0.3, -0.25) is 13.9 Å². The van der Waals surface area contributed by atoms with E-state index in [1.807, 2.05) is 52.0 Å². The van der Waals surface area contributed by atoms with Gasteiger partial charge in [-0.15, -0.1) is 0 Å². The molecule has 0 fully saturated rings. The number of hydrogen-bond donors (Lipinski definition) is 1. The van der Waals surface area contributed by atoms with Crippen molar-refractivity contribution in [1.82, 2.24) is 10.2 Å². The third-order valence-corrected chi connectivity index (χ3v) is 9.02. The van der Waals surface area contributed by atoms with E-state index in [-0.39, 0.29) is 23.4 Å². The number of rotatable bonds is 13. The number of carbonyl (C=O) groups is 2. The smallest absolute Gasteiger partial charge is 0.264 e. The number of ether oxygens (including phenoxy) is 1. The van der Waals surface area contributed by atoms with Crippen molar-refractivity contribution in [3.63, 3.8) is 0 Å². The lowest BCUT2D eigenvalue weighted by Gasteiger charge is -2.32. The van der Waals surface area contributed by atoms with Gasteiger partial charge in [-0.1, -0.05) is 52.7 Å². The number of amides is 2. The zero-order valence-electron chi connectivity index (χ0n) is 24.1. The van der Waals surface area contributed by atoms with Gasteiger partial charge < -0.3 is 15.0 Å². The molecular formula is C31H38BrN3O5S. The molecule has 0 spiro atoms. The number of sulfonamides is 1. The highest BCUT2D eigenvalue weighted by atomic mass is 79.9. The Labute approximate surface area is 251 Å². The Kier molecular flexibility index (Phi) is 11.4. The van der Waals surface area contributed by atoms with Crippen LogP contribution in [0.2, 0.25) is 0 Å². The van der Waals surface area contributed by atoms with E-state index in [1.165, 1.54) is 17.0 Å². The van der Waals surface area contributed by atoms with Gasteiger partial charge in [-0.05, 0) is 88.2 Å². The predicted molar refractivity (Wildman–Crippen MR) is 165 cm³/mol. The summed E-state index contributed by atoms with van der Waals surface area (Å²) < 4.78 is 35.3. The van der Waals surface area contributed by atoms with Crippen LogP contribution < -0.4 is 14.4 Å². The summed E-state index contributed by atoms with van der Waals surface area (Å²) in [5.74, 6) is -0.267. The highest BCUT2D eigenvalue weighted by molar-refractivity contribution is 9.10. The molecule has 0 saturated carbocycles. The Morgan fingerprint density at radius 2 is 1.63 bits per heavy atom. The van der Waals surface area contributed by atoms with E-state index >= 15 is 0 Å². The molecule has 8 nitrogen and oxygen atoms in total. The first-order chi connectivity index (χ1) is 19.5. The van der Waals surface area contributed by atoms with Gasteiger partial charge in [-0.2, -0.15) is 0 Å². The summed E-state index contributed by atoms with van der Waals surface area (Å²) >= 11 is 3.46. The Bertz CT molecular complexity index is 1430. The zero-order valence-corrected chi connectivity index (χ0v) is 26.5. The maximum absolute atomic E-state index is 14.0. The maximum Gasteiger partial charge on any atom is 0.264 e. The van der Waals surface area contributed by atoms with Crippen LogP contribution in [0.4, 0.5) is 5.69 Å². The molecule has 0 aromatic heterocycles. The first kappa shape index (κ1) is 32.1. The minimum absolute atomic E-state index is 0.0235. The van der Waals surface area contributed by atoms with Gasteiger partial charge in [-0.25, -0.2) is 8.42 Å². The summed E-state index contributed by atoms with van der Waals surface area (Å²) in [5, 5.41) is 2.94. The maximum atomic E-state index is 14.0. The van der Waals surface area contributed by atoms with Crippen molar-refractivity contribution in [1.29, 1.82) is 0 Å². The Morgan fingerprint density at radius 1 is 0.976 bits per heavy atom. The second-order valence-corrected chi connectivity index (χ2v) is 12.7.